The first-order valence-electron chi connectivity index (χ1n) is 4.85. The lowest BCUT2D eigenvalue weighted by Crippen LogP contribution is -2.17. The second-order valence-corrected chi connectivity index (χ2v) is 4.19. The third-order valence-electron chi connectivity index (χ3n) is 2.85. The molecule has 0 aliphatic heterocycles. The van der Waals surface area contributed by atoms with Crippen molar-refractivity contribution in [1.82, 2.24) is 15.0 Å². The van der Waals surface area contributed by atoms with Gasteiger partial charge < -0.3 is 0 Å². The van der Waals surface area contributed by atoms with Crippen molar-refractivity contribution in [2.45, 2.75) is 25.3 Å². The third kappa shape index (κ3) is 1.12. The van der Waals surface area contributed by atoms with E-state index >= 15 is 0 Å². The fourth-order valence-electron chi connectivity index (χ4n) is 1.82. The number of halogens is 1. The average molecular weight is 208 g/mol. The normalized spacial score (nSPS) is 17.2. The van der Waals surface area contributed by atoms with Crippen molar-refractivity contribution >= 4 is 22.6 Å². The Balaban J connectivity index is 2.16. The monoisotopic (exact) mass is 207 g/mol. The number of benzene rings is 1. The lowest BCUT2D eigenvalue weighted by Gasteiger charge is -2.25. The number of hydrogen-bond acceptors (Lipinski definition) is 2. The van der Waals surface area contributed by atoms with E-state index in [9.17, 15) is 0 Å². The van der Waals surface area contributed by atoms with E-state index < -0.39 is 0 Å². The molecule has 0 unspecified atom stereocenters. The minimum Gasteiger partial charge on any atom is -0.242 e. The Labute approximate surface area is 86.7 Å². The van der Waals surface area contributed by atoms with Gasteiger partial charge in [0.1, 0.15) is 5.52 Å². The van der Waals surface area contributed by atoms with Crippen LogP contribution in [0.1, 0.15) is 25.3 Å². The molecule has 0 bridgehead atoms. The van der Waals surface area contributed by atoms with E-state index in [0.29, 0.717) is 6.04 Å². The molecule has 0 saturated heterocycles. The summed E-state index contributed by atoms with van der Waals surface area (Å²) in [6.45, 7) is 0. The first-order chi connectivity index (χ1) is 6.84. The molecule has 1 aliphatic rings. The van der Waals surface area contributed by atoms with Gasteiger partial charge in [-0.2, -0.15) is 0 Å². The maximum Gasteiger partial charge on any atom is 0.114 e. The molecule has 0 spiro atoms. The maximum absolute atomic E-state index is 5.88. The number of aromatic nitrogens is 3. The van der Waals surface area contributed by atoms with Crippen molar-refractivity contribution < 1.29 is 0 Å². The minimum atomic E-state index is 0.557. The molecule has 1 aromatic carbocycles. The van der Waals surface area contributed by atoms with Gasteiger partial charge in [0.2, 0.25) is 0 Å². The Hall–Kier alpha value is -1.09. The molecule has 3 rings (SSSR count). The average Bonchev–Trinajstić information content (AvgIpc) is 2.45. The molecule has 1 aromatic heterocycles. The molecule has 3 nitrogen and oxygen atoms in total. The second kappa shape index (κ2) is 2.95. The summed E-state index contributed by atoms with van der Waals surface area (Å²) in [4.78, 5) is 0. The van der Waals surface area contributed by atoms with Gasteiger partial charge in [0, 0.05) is 5.02 Å². The zero-order chi connectivity index (χ0) is 9.54. The first kappa shape index (κ1) is 8.24. The highest BCUT2D eigenvalue weighted by molar-refractivity contribution is 6.31. The Bertz CT molecular complexity index is 473. The molecule has 1 aliphatic carbocycles. The summed E-state index contributed by atoms with van der Waals surface area (Å²) in [7, 11) is 0. The highest BCUT2D eigenvalue weighted by Gasteiger charge is 2.22. The molecule has 14 heavy (non-hydrogen) atoms. The Kier molecular flexibility index (Phi) is 1.74. The van der Waals surface area contributed by atoms with Crippen LogP contribution in [0.15, 0.2) is 18.2 Å². The van der Waals surface area contributed by atoms with Gasteiger partial charge >= 0.3 is 0 Å². The maximum atomic E-state index is 5.88. The van der Waals surface area contributed by atoms with E-state index in [1.165, 1.54) is 19.3 Å². The van der Waals surface area contributed by atoms with Gasteiger partial charge in [-0.3, -0.25) is 0 Å². The molecule has 1 heterocycles. The molecule has 0 atom stereocenters. The Morgan fingerprint density at radius 3 is 2.93 bits per heavy atom. The zero-order valence-electron chi connectivity index (χ0n) is 7.65. The van der Waals surface area contributed by atoms with E-state index in [1.807, 2.05) is 22.9 Å². The molecule has 0 N–H and O–H groups in total. The molecule has 72 valence electrons. The van der Waals surface area contributed by atoms with Crippen molar-refractivity contribution in [2.24, 2.45) is 0 Å². The summed E-state index contributed by atoms with van der Waals surface area (Å²) >= 11 is 5.88. The van der Waals surface area contributed by atoms with Gasteiger partial charge in [0.05, 0.1) is 11.6 Å². The molecular formula is C10H10ClN3. The van der Waals surface area contributed by atoms with Gasteiger partial charge in [0.15, 0.2) is 0 Å². The standard InChI is InChI=1S/C10H10ClN3/c11-7-4-5-10-9(6-7)12-13-14(10)8-2-1-3-8/h4-6,8H,1-3H2. The van der Waals surface area contributed by atoms with Crippen LogP contribution < -0.4 is 0 Å². The van der Waals surface area contributed by atoms with E-state index in [0.717, 1.165) is 16.1 Å². The summed E-state index contributed by atoms with van der Waals surface area (Å²) < 4.78 is 2.02. The van der Waals surface area contributed by atoms with Crippen LogP contribution in [0.4, 0.5) is 0 Å². The number of rotatable bonds is 1. The van der Waals surface area contributed by atoms with Crippen LogP contribution in [0.2, 0.25) is 5.02 Å². The van der Waals surface area contributed by atoms with Gasteiger partial charge in [0.25, 0.3) is 0 Å². The van der Waals surface area contributed by atoms with E-state index in [-0.39, 0.29) is 0 Å². The smallest absolute Gasteiger partial charge is 0.114 e. The second-order valence-electron chi connectivity index (χ2n) is 3.75. The van der Waals surface area contributed by atoms with Crippen LogP contribution in [0.25, 0.3) is 11.0 Å². The van der Waals surface area contributed by atoms with Crippen molar-refractivity contribution in [2.75, 3.05) is 0 Å². The molecule has 4 heteroatoms. The lowest BCUT2D eigenvalue weighted by atomic mass is 9.93. The summed E-state index contributed by atoms with van der Waals surface area (Å²) in [5.41, 5.74) is 1.99. The molecule has 0 radical (unpaired) electrons. The topological polar surface area (TPSA) is 30.7 Å². The highest BCUT2D eigenvalue weighted by Crippen LogP contribution is 2.33. The van der Waals surface area contributed by atoms with Crippen LogP contribution >= 0.6 is 11.6 Å². The van der Waals surface area contributed by atoms with Crippen LogP contribution in [0, 0.1) is 0 Å². The molecule has 1 saturated carbocycles. The summed E-state index contributed by atoms with van der Waals surface area (Å²) in [5, 5.41) is 9.00. The molecular weight excluding hydrogens is 198 g/mol. The van der Waals surface area contributed by atoms with Crippen molar-refractivity contribution in [1.29, 1.82) is 0 Å². The molecule has 1 fully saturated rings. The summed E-state index contributed by atoms with van der Waals surface area (Å²) in [6, 6.07) is 6.30. The Morgan fingerprint density at radius 2 is 2.21 bits per heavy atom. The van der Waals surface area contributed by atoms with Crippen LogP contribution in [-0.4, -0.2) is 15.0 Å². The minimum absolute atomic E-state index is 0.557. The largest absolute Gasteiger partial charge is 0.242 e. The zero-order valence-corrected chi connectivity index (χ0v) is 8.41. The van der Waals surface area contributed by atoms with Crippen molar-refractivity contribution in [3.8, 4) is 0 Å². The summed E-state index contributed by atoms with van der Waals surface area (Å²) in [6.07, 6.45) is 3.75. The van der Waals surface area contributed by atoms with Crippen LogP contribution in [0.5, 0.6) is 0 Å². The van der Waals surface area contributed by atoms with Crippen LogP contribution in [0.3, 0.4) is 0 Å². The number of fused-ring (bicyclic) bond motifs is 1. The van der Waals surface area contributed by atoms with E-state index in [4.69, 9.17) is 11.6 Å². The summed E-state index contributed by atoms with van der Waals surface area (Å²) in [5.74, 6) is 0. The van der Waals surface area contributed by atoms with Crippen molar-refractivity contribution in [3.05, 3.63) is 23.2 Å². The fourth-order valence-corrected chi connectivity index (χ4v) is 1.98. The number of nitrogens with zero attached hydrogens (tertiary/aromatic N) is 3. The van der Waals surface area contributed by atoms with E-state index in [2.05, 4.69) is 10.3 Å². The predicted octanol–water partition coefficient (Wildman–Crippen LogP) is 2.81. The lowest BCUT2D eigenvalue weighted by molar-refractivity contribution is 0.292. The van der Waals surface area contributed by atoms with Gasteiger partial charge in [-0.15, -0.1) is 5.10 Å². The van der Waals surface area contributed by atoms with Gasteiger partial charge in [-0.05, 0) is 37.5 Å². The quantitative estimate of drug-likeness (QED) is 0.720. The highest BCUT2D eigenvalue weighted by atomic mass is 35.5. The van der Waals surface area contributed by atoms with Gasteiger partial charge in [-0.1, -0.05) is 16.8 Å². The first-order valence-corrected chi connectivity index (χ1v) is 5.23. The van der Waals surface area contributed by atoms with E-state index in [1.54, 1.807) is 0 Å². The Morgan fingerprint density at radius 1 is 1.36 bits per heavy atom. The van der Waals surface area contributed by atoms with Crippen LogP contribution in [-0.2, 0) is 0 Å². The fraction of sp³-hybridized carbons (Fsp3) is 0.400. The third-order valence-corrected chi connectivity index (χ3v) is 3.09. The van der Waals surface area contributed by atoms with Gasteiger partial charge in [-0.25, -0.2) is 4.68 Å². The predicted molar refractivity (Wildman–Crippen MR) is 55.4 cm³/mol. The number of hydrogen-bond donors (Lipinski definition) is 0. The SMILES string of the molecule is Clc1ccc2c(c1)nnn2C1CCC1. The van der Waals surface area contributed by atoms with Crippen molar-refractivity contribution in [3.63, 3.8) is 0 Å². The molecule has 2 aromatic rings. The molecule has 0 amide bonds.